The Hall–Kier alpha value is -3.04. The molecule has 0 bridgehead atoms. The van der Waals surface area contributed by atoms with Crippen LogP contribution in [0.4, 0.5) is 10.5 Å². The zero-order valence-corrected chi connectivity index (χ0v) is 28.0. The second kappa shape index (κ2) is 13.4. The first kappa shape index (κ1) is 31.9. The van der Waals surface area contributed by atoms with Crippen molar-refractivity contribution in [3.8, 4) is 0 Å². The van der Waals surface area contributed by atoms with Crippen molar-refractivity contribution in [1.82, 2.24) is 19.6 Å². The zero-order chi connectivity index (χ0) is 31.6. The summed E-state index contributed by atoms with van der Waals surface area (Å²) in [4.78, 5) is 49.0. The minimum Gasteiger partial charge on any atom is -0.342 e. The van der Waals surface area contributed by atoms with Crippen molar-refractivity contribution in [3.05, 3.63) is 65.7 Å². The summed E-state index contributed by atoms with van der Waals surface area (Å²) in [5.74, 6) is 0.214. The van der Waals surface area contributed by atoms with Gasteiger partial charge < -0.3 is 20.0 Å². The summed E-state index contributed by atoms with van der Waals surface area (Å²) < 4.78 is 0. The summed E-state index contributed by atoms with van der Waals surface area (Å²) in [6.07, 6.45) is 5.41. The highest BCUT2D eigenvalue weighted by atomic mass is 32.2. The van der Waals surface area contributed by atoms with E-state index in [0.29, 0.717) is 19.6 Å². The second-order valence-electron chi connectivity index (χ2n) is 14.5. The number of anilines is 1. The number of nitrogens with one attached hydrogen (secondary N) is 1. The van der Waals surface area contributed by atoms with Crippen LogP contribution < -0.4 is 5.32 Å². The van der Waals surface area contributed by atoms with Crippen LogP contribution in [0.15, 0.2) is 54.6 Å². The number of carbonyl (C=O) groups is 3. The smallest absolute Gasteiger partial charge is 0.322 e. The molecule has 2 aromatic rings. The molecule has 0 aliphatic carbocycles. The van der Waals surface area contributed by atoms with Gasteiger partial charge in [0.25, 0.3) is 0 Å². The van der Waals surface area contributed by atoms with Gasteiger partial charge in [-0.05, 0) is 61.1 Å². The molecule has 0 aromatic heterocycles. The molecule has 6 rings (SSSR count). The normalized spacial score (nSPS) is 22.8. The van der Waals surface area contributed by atoms with Crippen LogP contribution in [0.1, 0.15) is 70.4 Å². The molecule has 4 heterocycles. The van der Waals surface area contributed by atoms with Crippen LogP contribution in [0.2, 0.25) is 0 Å². The number of thioether (sulfide) groups is 1. The van der Waals surface area contributed by atoms with Crippen molar-refractivity contribution in [1.29, 1.82) is 0 Å². The summed E-state index contributed by atoms with van der Waals surface area (Å²) in [5.41, 5.74) is 3.51. The Balaban J connectivity index is 1.05. The average molecular weight is 632 g/mol. The molecule has 0 saturated carbocycles. The highest BCUT2D eigenvalue weighted by Gasteiger charge is 2.53. The fourth-order valence-corrected chi connectivity index (χ4v) is 9.10. The molecule has 8 nitrogen and oxygen atoms in total. The Morgan fingerprint density at radius 1 is 0.933 bits per heavy atom. The van der Waals surface area contributed by atoms with Crippen LogP contribution in [0.5, 0.6) is 0 Å². The number of nitrogens with zero attached hydrogens (tertiary/aromatic N) is 4. The third-order valence-electron chi connectivity index (χ3n) is 10.1. The van der Waals surface area contributed by atoms with Gasteiger partial charge in [-0.25, -0.2) is 4.79 Å². The molecular weight excluding hydrogens is 582 g/mol. The maximum absolute atomic E-state index is 14.0. The average Bonchev–Trinajstić information content (AvgIpc) is 3.15. The molecule has 1 spiro atoms. The van der Waals surface area contributed by atoms with Gasteiger partial charge in [-0.1, -0.05) is 69.3 Å². The standard InChI is InChI=1S/C36H49N5O3S/c1-35(2,3)16-24-41-33(43)31(45-36(41)17-22-38(23-18-36)26-27-9-5-4-6-10-27)25-32(42)39-19-14-29(15-20-39)40-21-13-28-11-7-8-12-30(28)37-34(40)44/h4-12,29,31H,13-26H2,1-3H3,(H,37,44). The van der Waals surface area contributed by atoms with E-state index in [1.165, 1.54) is 5.56 Å². The molecule has 3 fully saturated rings. The van der Waals surface area contributed by atoms with E-state index in [1.54, 1.807) is 11.8 Å². The van der Waals surface area contributed by atoms with Gasteiger partial charge in [0.2, 0.25) is 11.8 Å². The van der Waals surface area contributed by atoms with E-state index in [-0.39, 0.29) is 45.8 Å². The molecular formula is C36H49N5O3S. The molecule has 1 unspecified atom stereocenters. The van der Waals surface area contributed by atoms with Crippen molar-refractivity contribution >= 4 is 35.3 Å². The first-order chi connectivity index (χ1) is 21.6. The van der Waals surface area contributed by atoms with Crippen molar-refractivity contribution in [2.24, 2.45) is 5.41 Å². The monoisotopic (exact) mass is 631 g/mol. The molecule has 45 heavy (non-hydrogen) atoms. The Bertz CT molecular complexity index is 1360. The van der Waals surface area contributed by atoms with E-state index in [4.69, 9.17) is 0 Å². The highest BCUT2D eigenvalue weighted by molar-refractivity contribution is 8.02. The molecule has 242 valence electrons. The maximum atomic E-state index is 14.0. The Labute approximate surface area is 272 Å². The van der Waals surface area contributed by atoms with E-state index in [2.05, 4.69) is 72.3 Å². The lowest BCUT2D eigenvalue weighted by Crippen LogP contribution is -2.52. The van der Waals surface area contributed by atoms with Crippen molar-refractivity contribution in [2.45, 2.75) is 88.4 Å². The lowest BCUT2D eigenvalue weighted by atomic mass is 9.91. The van der Waals surface area contributed by atoms with Crippen LogP contribution >= 0.6 is 11.8 Å². The van der Waals surface area contributed by atoms with Gasteiger partial charge in [-0.2, -0.15) is 0 Å². The lowest BCUT2D eigenvalue weighted by Gasteiger charge is -2.44. The minimum absolute atomic E-state index is 0.0480. The molecule has 3 saturated heterocycles. The quantitative estimate of drug-likeness (QED) is 0.416. The largest absolute Gasteiger partial charge is 0.342 e. The van der Waals surface area contributed by atoms with E-state index in [1.807, 2.05) is 28.0 Å². The van der Waals surface area contributed by atoms with Gasteiger partial charge in [0, 0.05) is 64.0 Å². The highest BCUT2D eigenvalue weighted by Crippen LogP contribution is 2.49. The predicted molar refractivity (Wildman–Crippen MR) is 181 cm³/mol. The van der Waals surface area contributed by atoms with Gasteiger partial charge in [-0.3, -0.25) is 14.5 Å². The lowest BCUT2D eigenvalue weighted by molar-refractivity contribution is -0.138. The molecule has 4 aliphatic rings. The Morgan fingerprint density at radius 2 is 1.62 bits per heavy atom. The van der Waals surface area contributed by atoms with Crippen LogP contribution in [0, 0.1) is 5.41 Å². The summed E-state index contributed by atoms with van der Waals surface area (Å²) in [6.45, 7) is 12.2. The zero-order valence-electron chi connectivity index (χ0n) is 27.2. The molecule has 2 aromatic carbocycles. The number of benzene rings is 2. The predicted octanol–water partition coefficient (Wildman–Crippen LogP) is 5.83. The van der Waals surface area contributed by atoms with Gasteiger partial charge in [0.15, 0.2) is 0 Å². The Morgan fingerprint density at radius 3 is 2.33 bits per heavy atom. The third-order valence-corrected chi connectivity index (χ3v) is 11.8. The minimum atomic E-state index is -0.328. The molecule has 4 amide bonds. The summed E-state index contributed by atoms with van der Waals surface area (Å²) >= 11 is 1.76. The van der Waals surface area contributed by atoms with Gasteiger partial charge in [0.05, 0.1) is 10.1 Å². The van der Waals surface area contributed by atoms with Gasteiger partial charge >= 0.3 is 6.03 Å². The number of urea groups is 1. The van der Waals surface area contributed by atoms with Gasteiger partial charge in [0.1, 0.15) is 0 Å². The van der Waals surface area contributed by atoms with E-state index >= 15 is 0 Å². The number of para-hydroxylation sites is 1. The van der Waals surface area contributed by atoms with Gasteiger partial charge in [-0.15, -0.1) is 11.8 Å². The topological polar surface area (TPSA) is 76.2 Å². The van der Waals surface area contributed by atoms with E-state index < -0.39 is 0 Å². The molecule has 0 radical (unpaired) electrons. The molecule has 1 N–H and O–H groups in total. The number of hydrogen-bond acceptors (Lipinski definition) is 5. The fourth-order valence-electron chi connectivity index (χ4n) is 7.39. The molecule has 4 aliphatic heterocycles. The number of piperidine rings is 2. The van der Waals surface area contributed by atoms with E-state index in [0.717, 1.165) is 76.0 Å². The van der Waals surface area contributed by atoms with Crippen LogP contribution in [-0.4, -0.2) is 92.9 Å². The number of amides is 4. The number of carbonyl (C=O) groups excluding carboxylic acids is 3. The van der Waals surface area contributed by atoms with Crippen LogP contribution in [-0.2, 0) is 22.6 Å². The first-order valence-electron chi connectivity index (χ1n) is 16.8. The van der Waals surface area contributed by atoms with Crippen molar-refractivity contribution in [2.75, 3.05) is 44.6 Å². The summed E-state index contributed by atoms with van der Waals surface area (Å²) in [5, 5.41) is 2.75. The summed E-state index contributed by atoms with van der Waals surface area (Å²) in [6, 6.07) is 18.7. The second-order valence-corrected chi connectivity index (χ2v) is 16.0. The Kier molecular flexibility index (Phi) is 9.48. The SMILES string of the molecule is CC(C)(C)CCN1C(=O)C(CC(=O)N2CCC(N3CCc4ccccc4NC3=O)CC2)SC12CCN(Cc1ccccc1)CC2. The number of hydrogen-bond donors (Lipinski definition) is 1. The van der Waals surface area contributed by atoms with Crippen LogP contribution in [0.3, 0.4) is 0 Å². The maximum Gasteiger partial charge on any atom is 0.322 e. The number of fused-ring (bicyclic) bond motifs is 1. The molecule has 9 heteroatoms. The van der Waals surface area contributed by atoms with Crippen molar-refractivity contribution in [3.63, 3.8) is 0 Å². The van der Waals surface area contributed by atoms with Crippen molar-refractivity contribution < 1.29 is 14.4 Å². The molecule has 1 atom stereocenters. The number of likely N-dealkylation sites (tertiary alicyclic amines) is 2. The summed E-state index contributed by atoms with van der Waals surface area (Å²) in [7, 11) is 0. The third kappa shape index (κ3) is 7.35. The fraction of sp³-hybridized carbons (Fsp3) is 0.583. The number of rotatable bonds is 7. The van der Waals surface area contributed by atoms with Crippen LogP contribution in [0.25, 0.3) is 0 Å². The first-order valence-corrected chi connectivity index (χ1v) is 17.7. The van der Waals surface area contributed by atoms with E-state index in [9.17, 15) is 14.4 Å².